The van der Waals surface area contributed by atoms with E-state index in [4.69, 9.17) is 0 Å². The fraction of sp³-hybridized carbons (Fsp3) is 0.250. The van der Waals surface area contributed by atoms with Crippen molar-refractivity contribution < 1.29 is 0 Å². The zero-order chi connectivity index (χ0) is 15.2. The normalized spacial score (nSPS) is 26.5. The van der Waals surface area contributed by atoms with E-state index in [-0.39, 0.29) is 11.3 Å². The van der Waals surface area contributed by atoms with Crippen LogP contribution < -0.4 is 0 Å². The summed E-state index contributed by atoms with van der Waals surface area (Å²) >= 11 is 0. The van der Waals surface area contributed by atoms with Gasteiger partial charge >= 0.3 is 0 Å². The van der Waals surface area contributed by atoms with Crippen LogP contribution >= 0.6 is 0 Å². The van der Waals surface area contributed by atoms with Gasteiger partial charge in [0.05, 0.1) is 5.92 Å². The summed E-state index contributed by atoms with van der Waals surface area (Å²) in [6, 6.07) is 8.67. The Morgan fingerprint density at radius 2 is 2.14 bits per heavy atom. The number of aromatic nitrogens is 2. The number of nitrogens with one attached hydrogen (secondary N) is 1. The molecule has 2 aromatic rings. The van der Waals surface area contributed by atoms with Crippen LogP contribution in [0.5, 0.6) is 0 Å². The highest BCUT2D eigenvalue weighted by Gasteiger charge is 2.39. The summed E-state index contributed by atoms with van der Waals surface area (Å²) in [5, 5.41) is 0. The summed E-state index contributed by atoms with van der Waals surface area (Å²) < 4.78 is 0. The molecule has 1 aromatic heterocycles. The summed E-state index contributed by atoms with van der Waals surface area (Å²) in [5.41, 5.74) is 5.59. The van der Waals surface area contributed by atoms with Crippen LogP contribution in [0, 0.1) is 5.41 Å². The van der Waals surface area contributed by atoms with E-state index in [2.05, 4.69) is 72.4 Å². The van der Waals surface area contributed by atoms with Crippen molar-refractivity contribution in [3.8, 4) is 0 Å². The molecule has 0 aliphatic heterocycles. The highest BCUT2D eigenvalue weighted by atomic mass is 14.9. The molecule has 0 saturated heterocycles. The molecule has 2 heteroatoms. The zero-order valence-electron chi connectivity index (χ0n) is 13.0. The van der Waals surface area contributed by atoms with Crippen LogP contribution in [0.3, 0.4) is 0 Å². The summed E-state index contributed by atoms with van der Waals surface area (Å²) in [6.07, 6.45) is 13.9. The van der Waals surface area contributed by atoms with Crippen molar-refractivity contribution in [2.24, 2.45) is 5.41 Å². The highest BCUT2D eigenvalue weighted by Crippen LogP contribution is 2.51. The minimum absolute atomic E-state index is 0.0509. The molecule has 22 heavy (non-hydrogen) atoms. The van der Waals surface area contributed by atoms with Crippen molar-refractivity contribution in [2.75, 3.05) is 0 Å². The molecule has 1 aromatic carbocycles. The van der Waals surface area contributed by atoms with Crippen LogP contribution in [0.15, 0.2) is 66.0 Å². The number of H-pyrrole nitrogens is 1. The molecule has 4 rings (SSSR count). The predicted octanol–water partition coefficient (Wildman–Crippen LogP) is 4.85. The minimum Gasteiger partial charge on any atom is -0.348 e. The van der Waals surface area contributed by atoms with Gasteiger partial charge in [-0.3, -0.25) is 0 Å². The molecular weight excluding hydrogens is 268 g/mol. The summed E-state index contributed by atoms with van der Waals surface area (Å²) in [5.74, 6) is 1.27. The van der Waals surface area contributed by atoms with Gasteiger partial charge in [0, 0.05) is 17.8 Å². The Hall–Kier alpha value is -2.35. The van der Waals surface area contributed by atoms with E-state index in [0.717, 1.165) is 12.2 Å². The second-order valence-corrected chi connectivity index (χ2v) is 6.60. The van der Waals surface area contributed by atoms with Gasteiger partial charge in [0.15, 0.2) is 0 Å². The Morgan fingerprint density at radius 1 is 1.27 bits per heavy atom. The maximum Gasteiger partial charge on any atom is 0.117 e. The topological polar surface area (TPSA) is 28.7 Å². The van der Waals surface area contributed by atoms with Gasteiger partial charge in [0.25, 0.3) is 0 Å². The number of nitrogens with zero attached hydrogens (tertiary/aromatic N) is 1. The lowest BCUT2D eigenvalue weighted by atomic mass is 9.70. The van der Waals surface area contributed by atoms with Gasteiger partial charge in [-0.25, -0.2) is 4.98 Å². The lowest BCUT2D eigenvalue weighted by molar-refractivity contribution is 0.481. The van der Waals surface area contributed by atoms with Gasteiger partial charge in [-0.15, -0.1) is 0 Å². The van der Waals surface area contributed by atoms with E-state index in [1.807, 2.05) is 12.4 Å². The largest absolute Gasteiger partial charge is 0.348 e. The van der Waals surface area contributed by atoms with Crippen LogP contribution in [-0.2, 0) is 0 Å². The fourth-order valence-corrected chi connectivity index (χ4v) is 3.87. The van der Waals surface area contributed by atoms with Gasteiger partial charge < -0.3 is 4.98 Å². The molecule has 2 aliphatic carbocycles. The first-order valence-corrected chi connectivity index (χ1v) is 7.83. The third-order valence-electron chi connectivity index (χ3n) is 4.87. The smallest absolute Gasteiger partial charge is 0.117 e. The molecule has 1 N–H and O–H groups in total. The molecule has 0 saturated carbocycles. The van der Waals surface area contributed by atoms with Crippen molar-refractivity contribution in [2.45, 2.75) is 26.2 Å². The number of aromatic amines is 1. The first-order chi connectivity index (χ1) is 10.7. The van der Waals surface area contributed by atoms with Gasteiger partial charge in [0.2, 0.25) is 0 Å². The molecule has 110 valence electrons. The summed E-state index contributed by atoms with van der Waals surface area (Å²) in [6.45, 7) is 4.56. The minimum atomic E-state index is 0.0509. The lowest BCUT2D eigenvalue weighted by Crippen LogP contribution is -2.22. The van der Waals surface area contributed by atoms with E-state index in [1.165, 1.54) is 22.3 Å². The molecule has 1 heterocycles. The Balaban J connectivity index is 1.85. The molecule has 2 unspecified atom stereocenters. The molecule has 0 bridgehead atoms. The molecule has 2 atom stereocenters. The standard InChI is InChI=1S/C20H20N2/c1-14-6-5-9-20(2,13-14)17-12-15-7-3-4-8-16(15)18(17)19-21-10-11-22-19/h3-12,18H,13H2,1-2H3,(H,21,22). The second kappa shape index (κ2) is 4.84. The quantitative estimate of drug-likeness (QED) is 0.840. The molecule has 0 fully saturated rings. The number of hydrogen-bond donors (Lipinski definition) is 1. The van der Waals surface area contributed by atoms with E-state index in [0.29, 0.717) is 0 Å². The Kier molecular flexibility index (Phi) is 2.93. The molecular formula is C20H20N2. The zero-order valence-corrected chi connectivity index (χ0v) is 13.0. The van der Waals surface area contributed by atoms with Gasteiger partial charge in [-0.1, -0.05) is 61.1 Å². The summed E-state index contributed by atoms with van der Waals surface area (Å²) in [7, 11) is 0. The van der Waals surface area contributed by atoms with Crippen LogP contribution in [-0.4, -0.2) is 9.97 Å². The van der Waals surface area contributed by atoms with E-state index in [1.54, 1.807) is 0 Å². The van der Waals surface area contributed by atoms with Crippen LogP contribution in [0.25, 0.3) is 6.08 Å². The Labute approximate surface area is 131 Å². The van der Waals surface area contributed by atoms with Crippen molar-refractivity contribution in [3.63, 3.8) is 0 Å². The first kappa shape index (κ1) is 13.3. The monoisotopic (exact) mass is 288 g/mol. The van der Waals surface area contributed by atoms with E-state index >= 15 is 0 Å². The number of hydrogen-bond acceptors (Lipinski definition) is 1. The van der Waals surface area contributed by atoms with E-state index in [9.17, 15) is 0 Å². The lowest BCUT2D eigenvalue weighted by Gasteiger charge is -2.34. The molecule has 0 spiro atoms. The molecule has 2 nitrogen and oxygen atoms in total. The number of imidazole rings is 1. The third kappa shape index (κ3) is 1.98. The number of allylic oxidation sites excluding steroid dienone is 5. The Bertz CT molecular complexity index is 793. The average molecular weight is 288 g/mol. The number of benzene rings is 1. The van der Waals surface area contributed by atoms with Crippen LogP contribution in [0.2, 0.25) is 0 Å². The van der Waals surface area contributed by atoms with Crippen molar-refractivity contribution in [3.05, 3.63) is 83.0 Å². The molecule has 2 aliphatic rings. The van der Waals surface area contributed by atoms with Crippen LogP contribution in [0.1, 0.15) is 43.1 Å². The van der Waals surface area contributed by atoms with Gasteiger partial charge in [-0.05, 0) is 30.0 Å². The first-order valence-electron chi connectivity index (χ1n) is 7.83. The Morgan fingerprint density at radius 3 is 2.91 bits per heavy atom. The molecule has 0 radical (unpaired) electrons. The van der Waals surface area contributed by atoms with Gasteiger partial charge in [-0.2, -0.15) is 0 Å². The predicted molar refractivity (Wildman–Crippen MR) is 90.5 cm³/mol. The average Bonchev–Trinajstić information content (AvgIpc) is 3.14. The SMILES string of the molecule is CC1=CC=CC(C)(C2=Cc3ccccc3C2c2ncc[nH]2)C1. The highest BCUT2D eigenvalue weighted by molar-refractivity contribution is 5.70. The van der Waals surface area contributed by atoms with Gasteiger partial charge in [0.1, 0.15) is 5.82 Å². The van der Waals surface area contributed by atoms with Crippen molar-refractivity contribution in [1.82, 2.24) is 9.97 Å². The third-order valence-corrected chi connectivity index (χ3v) is 4.87. The maximum absolute atomic E-state index is 4.56. The van der Waals surface area contributed by atoms with Crippen molar-refractivity contribution >= 4 is 6.08 Å². The number of rotatable bonds is 2. The van der Waals surface area contributed by atoms with Crippen molar-refractivity contribution in [1.29, 1.82) is 0 Å². The maximum atomic E-state index is 4.56. The summed E-state index contributed by atoms with van der Waals surface area (Å²) in [4.78, 5) is 7.88. The number of fused-ring (bicyclic) bond motifs is 1. The van der Waals surface area contributed by atoms with E-state index < -0.39 is 0 Å². The second-order valence-electron chi connectivity index (χ2n) is 6.60. The van der Waals surface area contributed by atoms with Crippen LogP contribution in [0.4, 0.5) is 0 Å². The molecule has 0 amide bonds. The fourth-order valence-electron chi connectivity index (χ4n) is 3.87.